The quantitative estimate of drug-likeness (QED) is 0.837. The SMILES string of the molecule is Cc1ccc(S(=O)(=O)/N=c2/cnc(Br)cn2CC(N)=O)cc1. The molecule has 9 heteroatoms. The molecule has 0 fully saturated rings. The van der Waals surface area contributed by atoms with Crippen LogP contribution in [0.1, 0.15) is 5.56 Å². The third-order valence-electron chi connectivity index (χ3n) is 2.72. The molecule has 116 valence electrons. The normalized spacial score (nSPS) is 12.4. The lowest BCUT2D eigenvalue weighted by Gasteiger charge is -2.05. The van der Waals surface area contributed by atoms with E-state index in [4.69, 9.17) is 5.73 Å². The highest BCUT2D eigenvalue weighted by molar-refractivity contribution is 9.10. The van der Waals surface area contributed by atoms with Crippen LogP contribution < -0.4 is 11.2 Å². The van der Waals surface area contributed by atoms with Crippen molar-refractivity contribution in [2.45, 2.75) is 18.4 Å². The van der Waals surface area contributed by atoms with E-state index in [2.05, 4.69) is 25.3 Å². The minimum Gasteiger partial charge on any atom is -0.368 e. The molecular weight excluding hydrogens is 372 g/mol. The minimum atomic E-state index is -3.90. The van der Waals surface area contributed by atoms with Gasteiger partial charge in [0.15, 0.2) is 5.49 Å². The molecule has 0 spiro atoms. The maximum Gasteiger partial charge on any atom is 0.284 e. The number of nitrogens with zero attached hydrogens (tertiary/aromatic N) is 3. The number of primary amides is 1. The summed E-state index contributed by atoms with van der Waals surface area (Å²) in [7, 11) is -3.90. The molecular formula is C13H13BrN4O3S. The van der Waals surface area contributed by atoms with Gasteiger partial charge in [0, 0.05) is 6.20 Å². The predicted molar refractivity (Wildman–Crippen MR) is 83.0 cm³/mol. The van der Waals surface area contributed by atoms with Crippen molar-refractivity contribution >= 4 is 31.9 Å². The molecule has 0 aliphatic rings. The molecule has 0 aliphatic heterocycles. The van der Waals surface area contributed by atoms with Crippen LogP contribution in [-0.2, 0) is 21.4 Å². The first-order valence-corrected chi connectivity index (χ1v) is 8.39. The van der Waals surface area contributed by atoms with Gasteiger partial charge in [0.05, 0.1) is 11.1 Å². The van der Waals surface area contributed by atoms with Crippen LogP contribution in [0.25, 0.3) is 0 Å². The Morgan fingerprint density at radius 3 is 2.59 bits per heavy atom. The van der Waals surface area contributed by atoms with Gasteiger partial charge in [-0.05, 0) is 35.0 Å². The summed E-state index contributed by atoms with van der Waals surface area (Å²) < 4.78 is 30.1. The van der Waals surface area contributed by atoms with Gasteiger partial charge in [-0.15, -0.1) is 4.40 Å². The highest BCUT2D eigenvalue weighted by Crippen LogP contribution is 2.12. The Morgan fingerprint density at radius 1 is 1.36 bits per heavy atom. The first kappa shape index (κ1) is 16.4. The molecule has 0 bridgehead atoms. The Hall–Kier alpha value is -2.00. The summed E-state index contributed by atoms with van der Waals surface area (Å²) in [6.07, 6.45) is 2.69. The van der Waals surface area contributed by atoms with E-state index in [0.29, 0.717) is 4.60 Å². The standard InChI is InChI=1S/C13H13BrN4O3S/c1-9-2-4-10(5-3-9)22(20,21)17-13-6-16-11(14)7-18(13)8-12(15)19/h2-7H,8H2,1H3,(H2,15,19)/b17-13-. The van der Waals surface area contributed by atoms with Crippen LogP contribution in [-0.4, -0.2) is 23.9 Å². The first-order valence-electron chi connectivity index (χ1n) is 6.16. The Balaban J connectivity index is 2.56. The van der Waals surface area contributed by atoms with Crippen LogP contribution in [0.2, 0.25) is 0 Å². The van der Waals surface area contributed by atoms with Crippen molar-refractivity contribution in [1.82, 2.24) is 9.55 Å². The Bertz CT molecular complexity index is 873. The molecule has 0 atom stereocenters. The van der Waals surface area contributed by atoms with Crippen LogP contribution in [0, 0.1) is 6.92 Å². The number of benzene rings is 1. The second kappa shape index (κ2) is 6.41. The van der Waals surface area contributed by atoms with E-state index in [1.807, 2.05) is 6.92 Å². The second-order valence-corrected chi connectivity index (χ2v) is 6.96. The van der Waals surface area contributed by atoms with Gasteiger partial charge in [-0.3, -0.25) is 4.79 Å². The molecule has 2 aromatic rings. The van der Waals surface area contributed by atoms with Crippen molar-refractivity contribution in [2.24, 2.45) is 10.1 Å². The zero-order valence-corrected chi connectivity index (χ0v) is 14.0. The van der Waals surface area contributed by atoms with Gasteiger partial charge in [-0.2, -0.15) is 8.42 Å². The van der Waals surface area contributed by atoms with Crippen LogP contribution >= 0.6 is 15.9 Å². The average molecular weight is 385 g/mol. The van der Waals surface area contributed by atoms with Gasteiger partial charge < -0.3 is 10.3 Å². The molecule has 0 aliphatic carbocycles. The molecule has 0 saturated heterocycles. The third kappa shape index (κ3) is 4.01. The number of rotatable bonds is 4. The molecule has 0 radical (unpaired) electrons. The highest BCUT2D eigenvalue weighted by atomic mass is 79.9. The lowest BCUT2D eigenvalue weighted by Crippen LogP contribution is -2.29. The summed E-state index contributed by atoms with van der Waals surface area (Å²) in [6, 6.07) is 6.30. The third-order valence-corrected chi connectivity index (χ3v) is 4.42. The number of amides is 1. The lowest BCUT2D eigenvalue weighted by molar-refractivity contribution is -0.118. The molecule has 1 aromatic heterocycles. The number of carbonyl (C=O) groups excluding carboxylic acids is 1. The minimum absolute atomic E-state index is 0.0163. The zero-order chi connectivity index (χ0) is 16.3. The smallest absolute Gasteiger partial charge is 0.284 e. The topological polar surface area (TPSA) is 107 Å². The number of hydrogen-bond acceptors (Lipinski definition) is 4. The Labute approximate surface area is 135 Å². The van der Waals surface area contributed by atoms with Gasteiger partial charge in [0.25, 0.3) is 10.0 Å². The number of aryl methyl sites for hydroxylation is 1. The summed E-state index contributed by atoms with van der Waals surface area (Å²) in [6.45, 7) is 1.65. The van der Waals surface area contributed by atoms with Gasteiger partial charge in [0.2, 0.25) is 5.91 Å². The van der Waals surface area contributed by atoms with Crippen molar-refractivity contribution in [3.05, 3.63) is 52.3 Å². The predicted octanol–water partition coefficient (Wildman–Crippen LogP) is 0.729. The van der Waals surface area contributed by atoms with Gasteiger partial charge in [0.1, 0.15) is 11.1 Å². The number of nitrogens with two attached hydrogens (primary N) is 1. The fourth-order valence-electron chi connectivity index (χ4n) is 1.68. The number of halogens is 1. The monoisotopic (exact) mass is 384 g/mol. The van der Waals surface area contributed by atoms with E-state index in [-0.39, 0.29) is 16.9 Å². The largest absolute Gasteiger partial charge is 0.368 e. The molecule has 7 nitrogen and oxygen atoms in total. The van der Waals surface area contributed by atoms with E-state index in [1.165, 1.54) is 29.1 Å². The molecule has 22 heavy (non-hydrogen) atoms. The lowest BCUT2D eigenvalue weighted by atomic mass is 10.2. The summed E-state index contributed by atoms with van der Waals surface area (Å²) in [5.74, 6) is -0.618. The van der Waals surface area contributed by atoms with Crippen molar-refractivity contribution in [3.8, 4) is 0 Å². The van der Waals surface area contributed by atoms with Crippen molar-refractivity contribution in [2.75, 3.05) is 0 Å². The van der Waals surface area contributed by atoms with Crippen LogP contribution in [0.5, 0.6) is 0 Å². The van der Waals surface area contributed by atoms with Crippen LogP contribution in [0.15, 0.2) is 50.6 Å². The van der Waals surface area contributed by atoms with Gasteiger partial charge in [-0.1, -0.05) is 17.7 Å². The maximum atomic E-state index is 12.3. The molecule has 2 N–H and O–H groups in total. The zero-order valence-electron chi connectivity index (χ0n) is 11.6. The molecule has 2 rings (SSSR count). The summed E-state index contributed by atoms with van der Waals surface area (Å²) in [4.78, 5) is 15.1. The summed E-state index contributed by atoms with van der Waals surface area (Å²) >= 11 is 3.14. The average Bonchev–Trinajstić information content (AvgIpc) is 2.41. The molecule has 1 heterocycles. The number of sulfonamides is 1. The number of aromatic nitrogens is 2. The highest BCUT2D eigenvalue weighted by Gasteiger charge is 2.13. The van der Waals surface area contributed by atoms with E-state index in [0.717, 1.165) is 5.56 Å². The van der Waals surface area contributed by atoms with Crippen LogP contribution in [0.3, 0.4) is 0 Å². The fourth-order valence-corrected chi connectivity index (χ4v) is 3.01. The van der Waals surface area contributed by atoms with E-state index in [1.54, 1.807) is 12.1 Å². The van der Waals surface area contributed by atoms with Crippen molar-refractivity contribution in [1.29, 1.82) is 0 Å². The Morgan fingerprint density at radius 2 is 2.00 bits per heavy atom. The van der Waals surface area contributed by atoms with Crippen molar-refractivity contribution in [3.63, 3.8) is 0 Å². The second-order valence-electron chi connectivity index (χ2n) is 4.54. The molecule has 1 amide bonds. The van der Waals surface area contributed by atoms with Crippen molar-refractivity contribution < 1.29 is 13.2 Å². The Kier molecular flexibility index (Phi) is 4.77. The number of hydrogen-bond donors (Lipinski definition) is 1. The van der Waals surface area contributed by atoms with Gasteiger partial charge >= 0.3 is 0 Å². The summed E-state index contributed by atoms with van der Waals surface area (Å²) in [5.41, 5.74) is 6.10. The van der Waals surface area contributed by atoms with E-state index in [9.17, 15) is 13.2 Å². The first-order chi connectivity index (χ1) is 10.3. The van der Waals surface area contributed by atoms with E-state index >= 15 is 0 Å². The molecule has 0 unspecified atom stereocenters. The molecule has 0 saturated carbocycles. The number of carbonyl (C=O) groups is 1. The van der Waals surface area contributed by atoms with Gasteiger partial charge in [-0.25, -0.2) is 4.98 Å². The van der Waals surface area contributed by atoms with E-state index < -0.39 is 15.9 Å². The van der Waals surface area contributed by atoms with Crippen LogP contribution in [0.4, 0.5) is 0 Å². The fraction of sp³-hybridized carbons (Fsp3) is 0.154. The summed E-state index contributed by atoms with van der Waals surface area (Å²) in [5, 5.41) is 0. The molecule has 1 aromatic carbocycles. The maximum absolute atomic E-state index is 12.3.